The first-order valence-electron chi connectivity index (χ1n) is 9.83. The second kappa shape index (κ2) is 8.31. The van der Waals surface area contributed by atoms with Crippen LogP contribution in [0.3, 0.4) is 0 Å². The molecule has 0 aromatic carbocycles. The highest BCUT2D eigenvalue weighted by atomic mass is 16.5. The first kappa shape index (κ1) is 18.3. The molecule has 8 nitrogen and oxygen atoms in total. The first-order chi connectivity index (χ1) is 13.2. The van der Waals surface area contributed by atoms with E-state index in [1.54, 1.807) is 6.33 Å². The molecule has 0 amide bonds. The van der Waals surface area contributed by atoms with Gasteiger partial charge < -0.3 is 14.2 Å². The van der Waals surface area contributed by atoms with E-state index in [1.165, 1.54) is 0 Å². The Morgan fingerprint density at radius 2 is 1.93 bits per heavy atom. The minimum absolute atomic E-state index is 0.357. The van der Waals surface area contributed by atoms with Crippen LogP contribution in [0.4, 0.5) is 5.82 Å². The van der Waals surface area contributed by atoms with Crippen LogP contribution in [0, 0.1) is 6.92 Å². The molecular weight excluding hydrogens is 344 g/mol. The van der Waals surface area contributed by atoms with Crippen LogP contribution in [-0.2, 0) is 11.3 Å². The molecule has 2 aromatic rings. The summed E-state index contributed by atoms with van der Waals surface area (Å²) in [6.07, 6.45) is 5.79. The molecule has 0 saturated carbocycles. The fourth-order valence-corrected chi connectivity index (χ4v) is 3.93. The van der Waals surface area contributed by atoms with Crippen LogP contribution in [0.2, 0.25) is 0 Å². The summed E-state index contributed by atoms with van der Waals surface area (Å²) >= 11 is 0. The zero-order valence-electron chi connectivity index (χ0n) is 16.2. The number of anilines is 1. The average Bonchev–Trinajstić information content (AvgIpc) is 3.17. The first-order valence-corrected chi connectivity index (χ1v) is 9.83. The molecule has 2 fully saturated rings. The Kier molecular flexibility index (Phi) is 5.63. The number of nitrogens with zero attached hydrogens (tertiary/aromatic N) is 6. The zero-order valence-corrected chi connectivity index (χ0v) is 16.2. The van der Waals surface area contributed by atoms with Gasteiger partial charge in [0.15, 0.2) is 5.82 Å². The van der Waals surface area contributed by atoms with E-state index in [4.69, 9.17) is 9.26 Å². The van der Waals surface area contributed by atoms with Gasteiger partial charge in [-0.15, -0.1) is 0 Å². The third-order valence-electron chi connectivity index (χ3n) is 5.67. The summed E-state index contributed by atoms with van der Waals surface area (Å²) in [5, 5.41) is 4.20. The molecule has 0 unspecified atom stereocenters. The third-order valence-corrected chi connectivity index (χ3v) is 5.67. The molecule has 4 heterocycles. The Hall–Kier alpha value is -2.06. The van der Waals surface area contributed by atoms with Gasteiger partial charge in [-0.1, -0.05) is 5.16 Å². The van der Waals surface area contributed by atoms with Crippen molar-refractivity contribution in [2.75, 3.05) is 38.3 Å². The van der Waals surface area contributed by atoms with Gasteiger partial charge in [0.1, 0.15) is 12.1 Å². The smallest absolute Gasteiger partial charge is 0.229 e. The molecule has 0 aliphatic carbocycles. The summed E-state index contributed by atoms with van der Waals surface area (Å²) in [5.74, 6) is 2.94. The van der Waals surface area contributed by atoms with Crippen molar-refractivity contribution in [3.8, 4) is 0 Å². The molecule has 2 aliphatic heterocycles. The molecule has 27 heavy (non-hydrogen) atoms. The van der Waals surface area contributed by atoms with Crippen LogP contribution in [0.1, 0.15) is 49.0 Å². The molecule has 146 valence electrons. The van der Waals surface area contributed by atoms with Crippen molar-refractivity contribution in [2.24, 2.45) is 0 Å². The lowest BCUT2D eigenvalue weighted by molar-refractivity contribution is 0.0778. The lowest BCUT2D eigenvalue weighted by Gasteiger charge is -2.36. The summed E-state index contributed by atoms with van der Waals surface area (Å²) < 4.78 is 10.9. The lowest BCUT2D eigenvalue weighted by atomic mass is 10.0. The van der Waals surface area contributed by atoms with E-state index in [0.717, 1.165) is 81.8 Å². The van der Waals surface area contributed by atoms with Gasteiger partial charge in [-0.25, -0.2) is 9.97 Å². The minimum atomic E-state index is 0.357. The maximum atomic E-state index is 5.51. The van der Waals surface area contributed by atoms with Crippen LogP contribution in [0.15, 0.2) is 16.9 Å². The number of aromatic nitrogens is 4. The van der Waals surface area contributed by atoms with Crippen LogP contribution in [0.5, 0.6) is 0 Å². The summed E-state index contributed by atoms with van der Waals surface area (Å²) in [5.41, 5.74) is 1.00. The van der Waals surface area contributed by atoms with Crippen LogP contribution >= 0.6 is 0 Å². The largest absolute Gasteiger partial charge is 0.381 e. The average molecular weight is 372 g/mol. The highest BCUT2D eigenvalue weighted by Crippen LogP contribution is 2.26. The topological polar surface area (TPSA) is 80.4 Å². The molecule has 0 radical (unpaired) electrons. The van der Waals surface area contributed by atoms with Gasteiger partial charge in [0.05, 0.1) is 6.54 Å². The van der Waals surface area contributed by atoms with Gasteiger partial charge in [0, 0.05) is 57.1 Å². The second-order valence-electron chi connectivity index (χ2n) is 7.57. The Bertz CT molecular complexity index is 737. The Labute approximate surface area is 159 Å². The number of hydrogen-bond acceptors (Lipinski definition) is 8. The fourth-order valence-electron chi connectivity index (χ4n) is 3.93. The molecular formula is C19H28N6O2. The molecule has 8 heteroatoms. The quantitative estimate of drug-likeness (QED) is 0.790. The van der Waals surface area contributed by atoms with Gasteiger partial charge >= 0.3 is 0 Å². The van der Waals surface area contributed by atoms with E-state index in [9.17, 15) is 0 Å². The van der Waals surface area contributed by atoms with E-state index >= 15 is 0 Å². The van der Waals surface area contributed by atoms with Crippen molar-refractivity contribution in [2.45, 2.75) is 51.1 Å². The molecule has 2 aromatic heterocycles. The number of piperidine rings is 1. The van der Waals surface area contributed by atoms with E-state index in [1.807, 2.05) is 13.0 Å². The maximum absolute atomic E-state index is 5.51. The normalized spacial score (nSPS) is 20.1. The molecule has 0 spiro atoms. The van der Waals surface area contributed by atoms with Gasteiger partial charge in [-0.3, -0.25) is 4.90 Å². The van der Waals surface area contributed by atoms with Gasteiger partial charge in [-0.05, 0) is 32.6 Å². The highest BCUT2D eigenvalue weighted by molar-refractivity contribution is 5.39. The monoisotopic (exact) mass is 372 g/mol. The lowest BCUT2D eigenvalue weighted by Crippen LogP contribution is -2.43. The Morgan fingerprint density at radius 3 is 2.67 bits per heavy atom. The van der Waals surface area contributed by atoms with Crippen LogP contribution < -0.4 is 4.90 Å². The van der Waals surface area contributed by atoms with Crippen molar-refractivity contribution in [3.05, 3.63) is 29.8 Å². The fraction of sp³-hybridized carbons (Fsp3) is 0.684. The number of likely N-dealkylation sites (tertiary alicyclic amines) is 1. The number of rotatable bonds is 5. The van der Waals surface area contributed by atoms with Crippen LogP contribution in [0.25, 0.3) is 0 Å². The van der Waals surface area contributed by atoms with E-state index in [2.05, 4.69) is 37.0 Å². The molecule has 0 bridgehead atoms. The predicted molar refractivity (Wildman–Crippen MR) is 101 cm³/mol. The van der Waals surface area contributed by atoms with Crippen molar-refractivity contribution >= 4 is 5.82 Å². The maximum Gasteiger partial charge on any atom is 0.229 e. The number of aryl methyl sites for hydroxylation is 1. The molecule has 0 atom stereocenters. The third kappa shape index (κ3) is 4.44. The van der Waals surface area contributed by atoms with Crippen molar-refractivity contribution < 1.29 is 9.26 Å². The van der Waals surface area contributed by atoms with Crippen molar-refractivity contribution in [1.29, 1.82) is 0 Å². The van der Waals surface area contributed by atoms with Crippen molar-refractivity contribution in [3.63, 3.8) is 0 Å². The van der Waals surface area contributed by atoms with E-state index in [0.29, 0.717) is 12.0 Å². The summed E-state index contributed by atoms with van der Waals surface area (Å²) in [7, 11) is 2.13. The Balaban J connectivity index is 1.29. The number of hydrogen-bond donors (Lipinski definition) is 0. The van der Waals surface area contributed by atoms with Gasteiger partial charge in [-0.2, -0.15) is 4.98 Å². The minimum Gasteiger partial charge on any atom is -0.381 e. The van der Waals surface area contributed by atoms with Gasteiger partial charge in [0.25, 0.3) is 0 Å². The summed E-state index contributed by atoms with van der Waals surface area (Å²) in [6, 6.07) is 2.54. The van der Waals surface area contributed by atoms with Crippen molar-refractivity contribution in [1.82, 2.24) is 25.0 Å². The standard InChI is InChI=1S/C19H28N6O2/c1-14-11-18(21-13-20-14)24(2)16-3-7-25(8-4-16)12-17-22-19(27-23-17)15-5-9-26-10-6-15/h11,13,15-16H,3-10,12H2,1-2H3. The highest BCUT2D eigenvalue weighted by Gasteiger charge is 2.26. The predicted octanol–water partition coefficient (Wildman–Crippen LogP) is 2.16. The molecule has 2 aliphatic rings. The van der Waals surface area contributed by atoms with E-state index < -0.39 is 0 Å². The summed E-state index contributed by atoms with van der Waals surface area (Å²) in [6.45, 7) is 6.39. The molecule has 0 N–H and O–H groups in total. The second-order valence-corrected chi connectivity index (χ2v) is 7.57. The SMILES string of the molecule is Cc1cc(N(C)C2CCN(Cc3noc(C4CCOCC4)n3)CC2)ncn1. The molecule has 2 saturated heterocycles. The number of ether oxygens (including phenoxy) is 1. The summed E-state index contributed by atoms with van der Waals surface area (Å²) in [4.78, 5) is 17.9. The zero-order chi connectivity index (χ0) is 18.6. The van der Waals surface area contributed by atoms with E-state index in [-0.39, 0.29) is 0 Å². The van der Waals surface area contributed by atoms with Gasteiger partial charge in [0.2, 0.25) is 5.89 Å². The van der Waals surface area contributed by atoms with Crippen LogP contribution in [-0.4, -0.2) is 64.4 Å². The molecule has 4 rings (SSSR count). The Morgan fingerprint density at radius 1 is 1.15 bits per heavy atom.